The summed E-state index contributed by atoms with van der Waals surface area (Å²) < 4.78 is 12.0. The Labute approximate surface area is 252 Å². The van der Waals surface area contributed by atoms with Crippen LogP contribution in [0.5, 0.6) is 11.5 Å². The highest BCUT2D eigenvalue weighted by Crippen LogP contribution is 2.30. The lowest BCUT2D eigenvalue weighted by Gasteiger charge is -2.34. The molecule has 0 radical (unpaired) electrons. The topological polar surface area (TPSA) is 130 Å². The maximum absolute atomic E-state index is 13.1. The molecule has 1 atom stereocenters. The Morgan fingerprint density at radius 1 is 0.977 bits per heavy atom. The Bertz CT molecular complexity index is 1410. The number of pyridine rings is 1. The van der Waals surface area contributed by atoms with Gasteiger partial charge in [0.25, 0.3) is 0 Å². The molecule has 1 aromatic carbocycles. The van der Waals surface area contributed by atoms with Gasteiger partial charge in [0.2, 0.25) is 5.91 Å². The number of aliphatic carboxylic acids is 1. The maximum Gasteiger partial charge on any atom is 0.313 e. The lowest BCUT2D eigenvalue weighted by molar-refractivity contribution is -0.142. The summed E-state index contributed by atoms with van der Waals surface area (Å²) >= 11 is 0. The lowest BCUT2D eigenvalue weighted by Crippen LogP contribution is -2.42. The zero-order valence-corrected chi connectivity index (χ0v) is 25.0. The third-order valence-corrected chi connectivity index (χ3v) is 8.21. The number of carbonyl (C=O) groups excluding carboxylic acids is 1. The highest BCUT2D eigenvalue weighted by Gasteiger charge is 2.31. The Balaban J connectivity index is 1.14. The van der Waals surface area contributed by atoms with Crippen molar-refractivity contribution in [3.05, 3.63) is 60.6 Å². The van der Waals surface area contributed by atoms with Gasteiger partial charge in [0.15, 0.2) is 17.3 Å². The van der Waals surface area contributed by atoms with Gasteiger partial charge in [-0.2, -0.15) is 0 Å². The SMILES string of the molecule is CCOc1ccccc1O[C@@H]1CCCN(c2cncc(NC(=O)C3CCN(c4ccc(C(C)(C)C(=O)O)cn4)CC3)n2)C1. The molecule has 1 amide bonds. The molecular formula is C32H40N6O5. The molecule has 0 spiro atoms. The van der Waals surface area contributed by atoms with Crippen molar-refractivity contribution >= 4 is 29.3 Å². The Morgan fingerprint density at radius 3 is 2.44 bits per heavy atom. The molecule has 2 aliphatic rings. The van der Waals surface area contributed by atoms with Crippen LogP contribution in [-0.4, -0.2) is 70.8 Å². The highest BCUT2D eigenvalue weighted by molar-refractivity contribution is 5.91. The van der Waals surface area contributed by atoms with Crippen LogP contribution in [0.2, 0.25) is 0 Å². The van der Waals surface area contributed by atoms with Crippen molar-refractivity contribution in [3.8, 4) is 11.5 Å². The van der Waals surface area contributed by atoms with Gasteiger partial charge in [-0.05, 0) is 70.2 Å². The highest BCUT2D eigenvalue weighted by atomic mass is 16.5. The number of carboxylic acids is 1. The number of carboxylic acid groups (broad SMARTS) is 1. The molecular weight excluding hydrogens is 548 g/mol. The molecule has 2 fully saturated rings. The zero-order chi connectivity index (χ0) is 30.4. The van der Waals surface area contributed by atoms with E-state index in [0.717, 1.165) is 36.7 Å². The fourth-order valence-electron chi connectivity index (χ4n) is 5.48. The van der Waals surface area contributed by atoms with Gasteiger partial charge in [-0.3, -0.25) is 14.6 Å². The molecule has 11 nitrogen and oxygen atoms in total. The van der Waals surface area contributed by atoms with Gasteiger partial charge in [0.05, 0.1) is 31.0 Å². The molecule has 2 saturated heterocycles. The number of amides is 1. The average Bonchev–Trinajstić information content (AvgIpc) is 3.02. The third kappa shape index (κ3) is 7.15. The van der Waals surface area contributed by atoms with E-state index >= 15 is 0 Å². The van der Waals surface area contributed by atoms with E-state index in [1.54, 1.807) is 32.4 Å². The van der Waals surface area contributed by atoms with Crippen LogP contribution in [-0.2, 0) is 15.0 Å². The summed E-state index contributed by atoms with van der Waals surface area (Å²) in [7, 11) is 0. The van der Waals surface area contributed by atoms with Gasteiger partial charge >= 0.3 is 5.97 Å². The number of aromatic nitrogens is 3. The average molecular weight is 589 g/mol. The Kier molecular flexibility index (Phi) is 9.27. The van der Waals surface area contributed by atoms with E-state index in [-0.39, 0.29) is 17.9 Å². The van der Waals surface area contributed by atoms with Crippen LogP contribution in [0.1, 0.15) is 52.0 Å². The van der Waals surface area contributed by atoms with Gasteiger partial charge < -0.3 is 29.7 Å². The number of nitrogens with zero attached hydrogens (tertiary/aromatic N) is 5. The van der Waals surface area contributed by atoms with Gasteiger partial charge in [0, 0.05) is 31.7 Å². The molecule has 4 heterocycles. The smallest absolute Gasteiger partial charge is 0.313 e. The standard InChI is InChI=1S/C32H40N6O5/c1-4-42-25-9-5-6-10-26(25)43-24-8-7-15-38(21-24)29-20-33-19-27(35-29)36-30(39)22-13-16-37(17-14-22)28-12-11-23(18-34-28)32(2,3)31(40)41/h5-6,9-12,18-20,22,24H,4,7-8,13-17,21H2,1-3H3,(H,40,41)(H,35,36,39)/t24-/m1/s1. The lowest BCUT2D eigenvalue weighted by atomic mass is 9.86. The number of anilines is 3. The van der Waals surface area contributed by atoms with Crippen LogP contribution < -0.4 is 24.6 Å². The van der Waals surface area contributed by atoms with Crippen LogP contribution >= 0.6 is 0 Å². The second-order valence-electron chi connectivity index (χ2n) is 11.6. The first-order chi connectivity index (χ1) is 20.7. The molecule has 43 heavy (non-hydrogen) atoms. The molecule has 5 rings (SSSR count). The van der Waals surface area contributed by atoms with E-state index in [1.807, 2.05) is 43.3 Å². The number of hydrogen-bond donors (Lipinski definition) is 2. The predicted octanol–water partition coefficient (Wildman–Crippen LogP) is 4.54. The van der Waals surface area contributed by atoms with Crippen molar-refractivity contribution in [2.75, 3.05) is 47.9 Å². The molecule has 2 N–H and O–H groups in total. The van der Waals surface area contributed by atoms with Crippen molar-refractivity contribution in [2.24, 2.45) is 5.92 Å². The van der Waals surface area contributed by atoms with E-state index in [2.05, 4.69) is 25.1 Å². The van der Waals surface area contributed by atoms with E-state index < -0.39 is 11.4 Å². The molecule has 11 heteroatoms. The van der Waals surface area contributed by atoms with Gasteiger partial charge in [-0.15, -0.1) is 0 Å². The first kappa shape index (κ1) is 30.1. The van der Waals surface area contributed by atoms with Crippen molar-refractivity contribution in [3.63, 3.8) is 0 Å². The first-order valence-electron chi connectivity index (χ1n) is 15.0. The fourth-order valence-corrected chi connectivity index (χ4v) is 5.48. The monoisotopic (exact) mass is 588 g/mol. The quantitative estimate of drug-likeness (QED) is 0.348. The fraction of sp³-hybridized carbons (Fsp3) is 0.469. The number of ether oxygens (including phenoxy) is 2. The summed E-state index contributed by atoms with van der Waals surface area (Å²) in [6.07, 6.45) is 8.15. The van der Waals surface area contributed by atoms with Gasteiger partial charge in [-0.25, -0.2) is 9.97 Å². The summed E-state index contributed by atoms with van der Waals surface area (Å²) in [6, 6.07) is 11.4. The zero-order valence-electron chi connectivity index (χ0n) is 25.0. The van der Waals surface area contributed by atoms with Gasteiger partial charge in [-0.1, -0.05) is 18.2 Å². The molecule has 2 aliphatic heterocycles. The largest absolute Gasteiger partial charge is 0.490 e. The summed E-state index contributed by atoms with van der Waals surface area (Å²) in [5.41, 5.74) is -0.350. The van der Waals surface area contributed by atoms with Crippen molar-refractivity contribution in [1.82, 2.24) is 15.0 Å². The second kappa shape index (κ2) is 13.3. The number of rotatable bonds is 10. The number of para-hydroxylation sites is 2. The minimum atomic E-state index is -1.00. The molecule has 2 aromatic heterocycles. The molecule has 0 saturated carbocycles. The van der Waals surface area contributed by atoms with Crippen LogP contribution in [0.3, 0.4) is 0 Å². The van der Waals surface area contributed by atoms with Crippen LogP contribution in [0, 0.1) is 5.92 Å². The Hall–Kier alpha value is -4.41. The second-order valence-corrected chi connectivity index (χ2v) is 11.6. The normalized spacial score (nSPS) is 17.8. The van der Waals surface area contributed by atoms with E-state index in [1.165, 1.54) is 0 Å². The summed E-state index contributed by atoms with van der Waals surface area (Å²) in [6.45, 7) is 8.71. The number of benzene rings is 1. The van der Waals surface area contributed by atoms with Crippen molar-refractivity contribution < 1.29 is 24.2 Å². The van der Waals surface area contributed by atoms with Crippen LogP contribution in [0.4, 0.5) is 17.5 Å². The van der Waals surface area contributed by atoms with E-state index in [9.17, 15) is 14.7 Å². The molecule has 0 bridgehead atoms. The Morgan fingerprint density at radius 2 is 1.74 bits per heavy atom. The van der Waals surface area contributed by atoms with Crippen molar-refractivity contribution in [1.29, 1.82) is 0 Å². The molecule has 228 valence electrons. The summed E-state index contributed by atoms with van der Waals surface area (Å²) in [5, 5.41) is 12.4. The van der Waals surface area contributed by atoms with Crippen LogP contribution in [0.25, 0.3) is 0 Å². The minimum Gasteiger partial charge on any atom is -0.490 e. The summed E-state index contributed by atoms with van der Waals surface area (Å²) in [4.78, 5) is 42.5. The number of piperidine rings is 2. The third-order valence-electron chi connectivity index (χ3n) is 8.21. The molecule has 0 unspecified atom stereocenters. The van der Waals surface area contributed by atoms with Gasteiger partial charge in [0.1, 0.15) is 17.7 Å². The first-order valence-corrected chi connectivity index (χ1v) is 15.0. The maximum atomic E-state index is 13.1. The predicted molar refractivity (Wildman–Crippen MR) is 164 cm³/mol. The summed E-state index contributed by atoms with van der Waals surface area (Å²) in [5.74, 6) is 2.31. The number of carbonyl (C=O) groups is 2. The van der Waals surface area contributed by atoms with E-state index in [4.69, 9.17) is 14.5 Å². The molecule has 3 aromatic rings. The van der Waals surface area contributed by atoms with E-state index in [0.29, 0.717) is 56.3 Å². The number of hydrogen-bond acceptors (Lipinski definition) is 9. The minimum absolute atomic E-state index is 0.0186. The molecule has 0 aliphatic carbocycles. The number of nitrogens with one attached hydrogen (secondary N) is 1. The van der Waals surface area contributed by atoms with Crippen molar-refractivity contribution in [2.45, 2.75) is 58.0 Å². The van der Waals surface area contributed by atoms with Crippen LogP contribution in [0.15, 0.2) is 55.0 Å².